The lowest BCUT2D eigenvalue weighted by molar-refractivity contribution is 0.0941. The zero-order valence-corrected chi connectivity index (χ0v) is 20.0. The smallest absolute Gasteiger partial charge is 0.273 e. The summed E-state index contributed by atoms with van der Waals surface area (Å²) in [5, 5.41) is 6.88. The lowest BCUT2D eigenvalue weighted by Gasteiger charge is -2.21. The summed E-state index contributed by atoms with van der Waals surface area (Å²) in [5.41, 5.74) is 3.49. The number of carbonyl (C=O) groups excluding carboxylic acids is 1. The van der Waals surface area contributed by atoms with Crippen molar-refractivity contribution in [1.29, 1.82) is 0 Å². The zero-order valence-electron chi connectivity index (χ0n) is 20.0. The van der Waals surface area contributed by atoms with Gasteiger partial charge in [-0.05, 0) is 41.0 Å². The Morgan fingerprint density at radius 3 is 2.39 bits per heavy atom. The summed E-state index contributed by atoms with van der Waals surface area (Å²) < 4.78 is 21.5. The van der Waals surface area contributed by atoms with E-state index in [1.54, 1.807) is 13.2 Å². The maximum atomic E-state index is 12.7. The summed E-state index contributed by atoms with van der Waals surface area (Å²) in [4.78, 5) is 14.9. The molecule has 0 unspecified atom stereocenters. The Kier molecular flexibility index (Phi) is 7.14. The first kappa shape index (κ1) is 23.4. The third-order valence-corrected chi connectivity index (χ3v) is 5.88. The van der Waals surface area contributed by atoms with Crippen LogP contribution in [0.15, 0.2) is 83.4 Å². The molecule has 36 heavy (non-hydrogen) atoms. The first-order chi connectivity index (χ1) is 17.7. The fourth-order valence-electron chi connectivity index (χ4n) is 4.04. The van der Waals surface area contributed by atoms with Gasteiger partial charge in [-0.1, -0.05) is 53.7 Å². The van der Waals surface area contributed by atoms with Gasteiger partial charge in [0.15, 0.2) is 23.0 Å². The predicted molar refractivity (Wildman–Crippen MR) is 133 cm³/mol. The molecule has 0 bridgehead atoms. The molecule has 1 N–H and O–H groups in total. The Hall–Kier alpha value is -4.30. The number of hydrogen-bond acceptors (Lipinski definition) is 7. The van der Waals surface area contributed by atoms with E-state index in [-0.39, 0.29) is 18.4 Å². The first-order valence-electron chi connectivity index (χ1n) is 11.7. The second kappa shape index (κ2) is 11.0. The SMILES string of the molecule is COc1ccc(CN(Cc2ccccc2)Cc2cc(C(=O)NCc3ccc4c(c3)OCO4)no2)cc1. The summed E-state index contributed by atoms with van der Waals surface area (Å²) in [6.45, 7) is 2.48. The highest BCUT2D eigenvalue weighted by atomic mass is 16.7. The molecule has 0 fully saturated rings. The molecule has 0 aliphatic carbocycles. The normalized spacial score (nSPS) is 12.1. The van der Waals surface area contributed by atoms with Crippen molar-refractivity contribution < 1.29 is 23.5 Å². The Bertz CT molecular complexity index is 1300. The van der Waals surface area contributed by atoms with Crippen molar-refractivity contribution in [3.05, 3.63) is 107 Å². The van der Waals surface area contributed by atoms with Crippen LogP contribution >= 0.6 is 0 Å². The van der Waals surface area contributed by atoms with Gasteiger partial charge in [0, 0.05) is 25.7 Å². The van der Waals surface area contributed by atoms with Crippen molar-refractivity contribution in [2.75, 3.05) is 13.9 Å². The van der Waals surface area contributed by atoms with Crippen molar-refractivity contribution in [1.82, 2.24) is 15.4 Å². The number of amides is 1. The van der Waals surface area contributed by atoms with E-state index in [0.717, 1.165) is 23.4 Å². The molecule has 0 spiro atoms. The van der Waals surface area contributed by atoms with E-state index in [1.807, 2.05) is 60.7 Å². The minimum Gasteiger partial charge on any atom is -0.497 e. The summed E-state index contributed by atoms with van der Waals surface area (Å²) in [6, 6.07) is 25.5. The van der Waals surface area contributed by atoms with Crippen LogP contribution in [-0.2, 0) is 26.2 Å². The number of methoxy groups -OCH3 is 1. The number of aromatic nitrogens is 1. The molecule has 0 radical (unpaired) electrons. The van der Waals surface area contributed by atoms with Crippen LogP contribution in [0.5, 0.6) is 17.2 Å². The molecule has 4 aromatic rings. The molecule has 1 aliphatic rings. The topological polar surface area (TPSA) is 86.1 Å². The number of carbonyl (C=O) groups is 1. The Labute approximate surface area is 209 Å². The van der Waals surface area contributed by atoms with Crippen molar-refractivity contribution in [2.24, 2.45) is 0 Å². The molecule has 5 rings (SSSR count). The molecule has 0 saturated heterocycles. The van der Waals surface area contributed by atoms with Crippen LogP contribution in [0.3, 0.4) is 0 Å². The molecule has 1 aromatic heterocycles. The zero-order chi connectivity index (χ0) is 24.7. The number of ether oxygens (including phenoxy) is 3. The highest BCUT2D eigenvalue weighted by molar-refractivity contribution is 5.92. The maximum absolute atomic E-state index is 12.7. The predicted octanol–water partition coefficient (Wildman–Crippen LogP) is 4.54. The molecule has 1 amide bonds. The Morgan fingerprint density at radius 2 is 1.61 bits per heavy atom. The minimum atomic E-state index is -0.299. The van der Waals surface area contributed by atoms with Crippen molar-refractivity contribution in [3.8, 4) is 17.2 Å². The molecular formula is C28H27N3O5. The van der Waals surface area contributed by atoms with E-state index >= 15 is 0 Å². The van der Waals surface area contributed by atoms with Gasteiger partial charge < -0.3 is 24.1 Å². The second-order valence-electron chi connectivity index (χ2n) is 8.53. The number of benzene rings is 3. The second-order valence-corrected chi connectivity index (χ2v) is 8.53. The fourth-order valence-corrected chi connectivity index (χ4v) is 4.04. The van der Waals surface area contributed by atoms with Gasteiger partial charge >= 0.3 is 0 Å². The summed E-state index contributed by atoms with van der Waals surface area (Å²) in [7, 11) is 1.66. The molecule has 3 aromatic carbocycles. The maximum Gasteiger partial charge on any atom is 0.273 e. The number of hydrogen-bond donors (Lipinski definition) is 1. The highest BCUT2D eigenvalue weighted by Crippen LogP contribution is 2.32. The van der Waals surface area contributed by atoms with Crippen LogP contribution in [0, 0.1) is 0 Å². The van der Waals surface area contributed by atoms with E-state index in [1.165, 1.54) is 5.56 Å². The van der Waals surface area contributed by atoms with Crippen LogP contribution in [-0.4, -0.2) is 29.9 Å². The molecule has 0 atom stereocenters. The summed E-state index contributed by atoms with van der Waals surface area (Å²) in [5.74, 6) is 2.53. The largest absolute Gasteiger partial charge is 0.497 e. The van der Waals surface area contributed by atoms with E-state index in [0.29, 0.717) is 36.9 Å². The van der Waals surface area contributed by atoms with Gasteiger partial charge in [-0.25, -0.2) is 0 Å². The lowest BCUT2D eigenvalue weighted by Crippen LogP contribution is -2.23. The average molecular weight is 486 g/mol. The Balaban J connectivity index is 1.23. The molecule has 1 aliphatic heterocycles. The standard InChI is InChI=1S/C28H27N3O5/c1-33-23-10-7-21(8-11-23)17-31(16-20-5-3-2-4-6-20)18-24-14-25(30-36-24)28(32)29-15-22-9-12-26-27(13-22)35-19-34-26/h2-14H,15-19H2,1H3,(H,29,32). The number of rotatable bonds is 10. The summed E-state index contributed by atoms with van der Waals surface area (Å²) in [6.07, 6.45) is 0. The molecule has 0 saturated carbocycles. The molecule has 8 heteroatoms. The molecular weight excluding hydrogens is 458 g/mol. The van der Waals surface area contributed by atoms with Crippen molar-refractivity contribution in [2.45, 2.75) is 26.2 Å². The third kappa shape index (κ3) is 5.84. The van der Waals surface area contributed by atoms with Crippen LogP contribution < -0.4 is 19.5 Å². The third-order valence-electron chi connectivity index (χ3n) is 5.88. The fraction of sp³-hybridized carbons (Fsp3) is 0.214. The quantitative estimate of drug-likeness (QED) is 0.353. The van der Waals surface area contributed by atoms with Crippen LogP contribution in [0.2, 0.25) is 0 Å². The molecule has 184 valence electrons. The first-order valence-corrected chi connectivity index (χ1v) is 11.7. The van der Waals surface area contributed by atoms with Crippen molar-refractivity contribution >= 4 is 5.91 Å². The van der Waals surface area contributed by atoms with Gasteiger partial charge in [0.2, 0.25) is 6.79 Å². The average Bonchev–Trinajstić information content (AvgIpc) is 3.58. The Morgan fingerprint density at radius 1 is 0.889 bits per heavy atom. The monoisotopic (exact) mass is 485 g/mol. The van der Waals surface area contributed by atoms with E-state index in [4.69, 9.17) is 18.7 Å². The highest BCUT2D eigenvalue weighted by Gasteiger charge is 2.17. The summed E-state index contributed by atoms with van der Waals surface area (Å²) >= 11 is 0. The van der Waals surface area contributed by atoms with E-state index in [2.05, 4.69) is 27.5 Å². The van der Waals surface area contributed by atoms with Crippen LogP contribution in [0.4, 0.5) is 0 Å². The number of nitrogens with zero attached hydrogens (tertiary/aromatic N) is 2. The van der Waals surface area contributed by atoms with Crippen LogP contribution in [0.1, 0.15) is 32.9 Å². The molecule has 8 nitrogen and oxygen atoms in total. The van der Waals surface area contributed by atoms with Gasteiger partial charge in [0.05, 0.1) is 13.7 Å². The van der Waals surface area contributed by atoms with E-state index in [9.17, 15) is 4.79 Å². The van der Waals surface area contributed by atoms with Crippen molar-refractivity contribution in [3.63, 3.8) is 0 Å². The van der Waals surface area contributed by atoms with Gasteiger partial charge in [0.1, 0.15) is 5.75 Å². The van der Waals surface area contributed by atoms with Gasteiger partial charge in [0.25, 0.3) is 5.91 Å². The van der Waals surface area contributed by atoms with Gasteiger partial charge in [-0.3, -0.25) is 9.69 Å². The minimum absolute atomic E-state index is 0.215. The van der Waals surface area contributed by atoms with Gasteiger partial charge in [-0.2, -0.15) is 0 Å². The lowest BCUT2D eigenvalue weighted by atomic mass is 10.1. The number of fused-ring (bicyclic) bond motifs is 1. The number of nitrogens with one attached hydrogen (secondary N) is 1. The van der Waals surface area contributed by atoms with Gasteiger partial charge in [-0.15, -0.1) is 0 Å². The van der Waals surface area contributed by atoms with Crippen LogP contribution in [0.25, 0.3) is 0 Å². The molecule has 2 heterocycles. The van der Waals surface area contributed by atoms with E-state index < -0.39 is 0 Å².